The van der Waals surface area contributed by atoms with E-state index in [1.807, 2.05) is 32.8 Å². The molecule has 0 heterocycles. The second kappa shape index (κ2) is 6.43. The van der Waals surface area contributed by atoms with Gasteiger partial charge in [0.25, 0.3) is 0 Å². The molecule has 1 aromatic carbocycles. The van der Waals surface area contributed by atoms with Gasteiger partial charge in [-0.3, -0.25) is 0 Å². The van der Waals surface area contributed by atoms with Crippen molar-refractivity contribution in [2.45, 2.75) is 18.7 Å². The number of nitrogens with zero attached hydrogens (tertiary/aromatic N) is 1. The molecule has 7 heteroatoms. The van der Waals surface area contributed by atoms with E-state index in [4.69, 9.17) is 5.73 Å². The van der Waals surface area contributed by atoms with E-state index in [2.05, 4.69) is 20.7 Å². The molecule has 0 saturated heterocycles. The highest BCUT2D eigenvalue weighted by Crippen LogP contribution is 2.25. The van der Waals surface area contributed by atoms with Gasteiger partial charge in [-0.1, -0.05) is 13.8 Å². The third kappa shape index (κ3) is 5.05. The zero-order valence-corrected chi connectivity index (χ0v) is 14.7. The van der Waals surface area contributed by atoms with E-state index in [1.165, 1.54) is 6.07 Å². The van der Waals surface area contributed by atoms with Crippen LogP contribution in [0.4, 0.5) is 5.69 Å². The minimum atomic E-state index is -3.55. The largest absolute Gasteiger partial charge is 0.399 e. The fourth-order valence-corrected chi connectivity index (χ4v) is 4.35. The second-order valence-corrected chi connectivity index (χ2v) is 8.51. The standard InChI is InChI=1S/C13H22BrN3O2S/c1-13(2,9-17(3)4)8-16-20(18,19)12-6-5-10(15)7-11(12)14/h5-7,16H,8-9,15H2,1-4H3. The Bertz CT molecular complexity index is 571. The monoisotopic (exact) mass is 363 g/mol. The molecule has 5 nitrogen and oxygen atoms in total. The SMILES string of the molecule is CN(C)CC(C)(C)CNS(=O)(=O)c1ccc(N)cc1Br. The highest BCUT2D eigenvalue weighted by Gasteiger charge is 2.24. The number of nitrogen functional groups attached to an aromatic ring is 1. The van der Waals surface area contributed by atoms with Gasteiger partial charge in [0.05, 0.1) is 4.90 Å². The molecule has 0 fully saturated rings. The number of anilines is 1. The molecule has 3 N–H and O–H groups in total. The predicted octanol–water partition coefficient (Wildman–Crippen LogP) is 1.90. The number of rotatable bonds is 6. The van der Waals surface area contributed by atoms with Crippen LogP contribution in [0.5, 0.6) is 0 Å². The van der Waals surface area contributed by atoms with Crippen LogP contribution in [0, 0.1) is 5.41 Å². The molecule has 1 rings (SSSR count). The molecule has 0 saturated carbocycles. The zero-order chi connectivity index (χ0) is 15.6. The number of nitrogens with one attached hydrogen (secondary N) is 1. The van der Waals surface area contributed by atoms with Crippen molar-refractivity contribution in [1.82, 2.24) is 9.62 Å². The van der Waals surface area contributed by atoms with Gasteiger partial charge in [0.1, 0.15) is 0 Å². The average Bonchev–Trinajstić information content (AvgIpc) is 2.24. The van der Waals surface area contributed by atoms with E-state index in [-0.39, 0.29) is 10.3 Å². The fourth-order valence-electron chi connectivity index (χ4n) is 2.02. The molecule has 0 aliphatic rings. The Hall–Kier alpha value is -0.630. The van der Waals surface area contributed by atoms with Crippen molar-refractivity contribution in [2.75, 3.05) is 32.9 Å². The summed E-state index contributed by atoms with van der Waals surface area (Å²) >= 11 is 3.24. The number of nitrogens with two attached hydrogens (primary N) is 1. The van der Waals surface area contributed by atoms with Gasteiger partial charge >= 0.3 is 0 Å². The summed E-state index contributed by atoms with van der Waals surface area (Å²) < 4.78 is 27.7. The van der Waals surface area contributed by atoms with Crippen LogP contribution < -0.4 is 10.5 Å². The van der Waals surface area contributed by atoms with Gasteiger partial charge in [-0.05, 0) is 53.6 Å². The average molecular weight is 364 g/mol. The first kappa shape index (κ1) is 17.4. The number of halogens is 1. The maximum Gasteiger partial charge on any atom is 0.241 e. The third-order valence-corrected chi connectivity index (χ3v) is 5.11. The number of benzene rings is 1. The van der Waals surface area contributed by atoms with Crippen LogP contribution in [0.25, 0.3) is 0 Å². The molecule has 0 bridgehead atoms. The lowest BCUT2D eigenvalue weighted by atomic mass is 9.93. The molecule has 0 aromatic heterocycles. The molecule has 0 aliphatic carbocycles. The summed E-state index contributed by atoms with van der Waals surface area (Å²) in [7, 11) is 0.383. The summed E-state index contributed by atoms with van der Waals surface area (Å²) in [5.41, 5.74) is 5.98. The van der Waals surface area contributed by atoms with Crippen LogP contribution in [0.1, 0.15) is 13.8 Å². The van der Waals surface area contributed by atoms with E-state index in [1.54, 1.807) is 12.1 Å². The summed E-state index contributed by atoms with van der Waals surface area (Å²) in [6.07, 6.45) is 0. The van der Waals surface area contributed by atoms with E-state index in [0.29, 0.717) is 16.7 Å². The van der Waals surface area contributed by atoms with Crippen LogP contribution in [0.3, 0.4) is 0 Å². The van der Waals surface area contributed by atoms with E-state index in [9.17, 15) is 8.42 Å². The summed E-state index contributed by atoms with van der Waals surface area (Å²) in [5, 5.41) is 0. The van der Waals surface area contributed by atoms with Gasteiger partial charge < -0.3 is 10.6 Å². The van der Waals surface area contributed by atoms with Crippen molar-refractivity contribution >= 4 is 31.6 Å². The molecule has 0 amide bonds. The van der Waals surface area contributed by atoms with Gasteiger partial charge in [0.15, 0.2) is 0 Å². The molecular weight excluding hydrogens is 342 g/mol. The number of sulfonamides is 1. The molecule has 0 spiro atoms. The smallest absolute Gasteiger partial charge is 0.241 e. The Kier molecular flexibility index (Phi) is 5.60. The Morgan fingerprint density at radius 3 is 2.45 bits per heavy atom. The lowest BCUT2D eigenvalue weighted by molar-refractivity contribution is 0.242. The minimum Gasteiger partial charge on any atom is -0.399 e. The van der Waals surface area contributed by atoms with Crippen LogP contribution in [0.15, 0.2) is 27.6 Å². The molecular formula is C13H22BrN3O2S. The topological polar surface area (TPSA) is 75.4 Å². The van der Waals surface area contributed by atoms with Gasteiger partial charge in [0.2, 0.25) is 10.0 Å². The Morgan fingerprint density at radius 2 is 1.95 bits per heavy atom. The molecule has 1 aromatic rings. The minimum absolute atomic E-state index is 0.156. The summed E-state index contributed by atoms with van der Waals surface area (Å²) in [5.74, 6) is 0. The summed E-state index contributed by atoms with van der Waals surface area (Å²) in [6.45, 7) is 5.20. The van der Waals surface area contributed by atoms with Crippen LogP contribution in [0.2, 0.25) is 0 Å². The molecule has 114 valence electrons. The Morgan fingerprint density at radius 1 is 1.35 bits per heavy atom. The number of hydrogen-bond donors (Lipinski definition) is 2. The van der Waals surface area contributed by atoms with Crippen LogP contribution in [-0.4, -0.2) is 40.5 Å². The maximum atomic E-state index is 12.3. The molecule has 0 unspecified atom stereocenters. The van der Waals surface area contributed by atoms with Crippen molar-refractivity contribution < 1.29 is 8.42 Å². The van der Waals surface area contributed by atoms with Crippen molar-refractivity contribution in [2.24, 2.45) is 5.41 Å². The first-order chi connectivity index (χ1) is 9.03. The molecule has 0 aliphatic heterocycles. The first-order valence-corrected chi connectivity index (χ1v) is 8.50. The maximum absolute atomic E-state index is 12.3. The van der Waals surface area contributed by atoms with Crippen molar-refractivity contribution in [1.29, 1.82) is 0 Å². The van der Waals surface area contributed by atoms with Crippen molar-refractivity contribution in [3.8, 4) is 0 Å². The normalized spacial score (nSPS) is 12.9. The highest BCUT2D eigenvalue weighted by molar-refractivity contribution is 9.10. The van der Waals surface area contributed by atoms with Crippen molar-refractivity contribution in [3.63, 3.8) is 0 Å². The third-order valence-electron chi connectivity index (χ3n) is 2.73. The Balaban J connectivity index is 2.85. The fraction of sp³-hybridized carbons (Fsp3) is 0.538. The molecule has 0 atom stereocenters. The number of hydrogen-bond acceptors (Lipinski definition) is 4. The van der Waals surface area contributed by atoms with Crippen molar-refractivity contribution in [3.05, 3.63) is 22.7 Å². The quantitative estimate of drug-likeness (QED) is 0.756. The van der Waals surface area contributed by atoms with E-state index < -0.39 is 10.0 Å². The van der Waals surface area contributed by atoms with Gasteiger partial charge in [-0.25, -0.2) is 13.1 Å². The lowest BCUT2D eigenvalue weighted by Gasteiger charge is -2.28. The van der Waals surface area contributed by atoms with E-state index in [0.717, 1.165) is 6.54 Å². The Labute approximate surface area is 129 Å². The highest BCUT2D eigenvalue weighted by atomic mass is 79.9. The second-order valence-electron chi connectivity index (χ2n) is 5.92. The predicted molar refractivity (Wildman–Crippen MR) is 86.1 cm³/mol. The summed E-state index contributed by atoms with van der Waals surface area (Å²) in [6, 6.07) is 4.66. The van der Waals surface area contributed by atoms with Gasteiger partial charge in [0, 0.05) is 23.2 Å². The van der Waals surface area contributed by atoms with Gasteiger partial charge in [-0.15, -0.1) is 0 Å². The molecule has 0 radical (unpaired) electrons. The van der Waals surface area contributed by atoms with Crippen LogP contribution in [-0.2, 0) is 10.0 Å². The van der Waals surface area contributed by atoms with E-state index >= 15 is 0 Å². The van der Waals surface area contributed by atoms with Gasteiger partial charge in [-0.2, -0.15) is 0 Å². The molecule has 20 heavy (non-hydrogen) atoms. The lowest BCUT2D eigenvalue weighted by Crippen LogP contribution is -2.40. The summed E-state index contributed by atoms with van der Waals surface area (Å²) in [4.78, 5) is 2.24. The zero-order valence-electron chi connectivity index (χ0n) is 12.3. The van der Waals surface area contributed by atoms with Crippen LogP contribution >= 0.6 is 15.9 Å². The first-order valence-electron chi connectivity index (χ1n) is 6.23.